The molecule has 1 amide bonds. The van der Waals surface area contributed by atoms with E-state index in [1.54, 1.807) is 36.4 Å². The molecule has 4 aromatic rings. The molecule has 0 atom stereocenters. The summed E-state index contributed by atoms with van der Waals surface area (Å²) in [5.74, 6) is 1.24. The molecule has 166 valence electrons. The first-order chi connectivity index (χ1) is 15.9. The molecule has 3 aromatic heterocycles. The van der Waals surface area contributed by atoms with E-state index in [2.05, 4.69) is 20.5 Å². The molecule has 12 heteroatoms. The summed E-state index contributed by atoms with van der Waals surface area (Å²) >= 11 is 0. The van der Waals surface area contributed by atoms with Crippen LogP contribution in [-0.4, -0.2) is 61.5 Å². The molecule has 4 heterocycles. The standard InChI is InChI=1S/C21H21BN8O3/c1-29-9-8-14-19(24-11-12-4-2-5-13(10-12)22(32)33)25-20(26-21(14)29)17-15-6-3-7-16(18(23)31)30(15)28-27-17/h2-7,10,32-33H,8-9,11H2,1H3,(H2,23,31)(H,24,25,26). The zero-order valence-electron chi connectivity index (χ0n) is 17.8. The molecule has 0 fully saturated rings. The minimum atomic E-state index is -1.53. The molecular weight excluding hydrogens is 423 g/mol. The first-order valence-electron chi connectivity index (χ1n) is 10.4. The predicted molar refractivity (Wildman–Crippen MR) is 123 cm³/mol. The minimum absolute atomic E-state index is 0.217. The van der Waals surface area contributed by atoms with Crippen molar-refractivity contribution >= 4 is 35.6 Å². The third kappa shape index (κ3) is 3.75. The normalized spacial score (nSPS) is 12.8. The molecule has 1 aliphatic rings. The molecule has 0 radical (unpaired) electrons. The van der Waals surface area contributed by atoms with Crippen molar-refractivity contribution in [3.05, 3.63) is 59.3 Å². The summed E-state index contributed by atoms with van der Waals surface area (Å²) in [4.78, 5) is 23.3. The molecule has 1 aliphatic heterocycles. The number of nitrogens with one attached hydrogen (secondary N) is 1. The predicted octanol–water partition coefficient (Wildman–Crippen LogP) is -0.431. The highest BCUT2D eigenvalue weighted by Crippen LogP contribution is 2.33. The van der Waals surface area contributed by atoms with Crippen LogP contribution in [0.1, 0.15) is 21.6 Å². The van der Waals surface area contributed by atoms with Crippen LogP contribution < -0.4 is 21.4 Å². The van der Waals surface area contributed by atoms with Gasteiger partial charge in [-0.25, -0.2) is 14.5 Å². The highest BCUT2D eigenvalue weighted by Gasteiger charge is 2.25. The molecule has 0 bridgehead atoms. The number of likely N-dealkylation sites (N-methyl/N-ethyl adjacent to an activating group) is 1. The molecule has 0 aliphatic carbocycles. The number of nitrogens with two attached hydrogens (primary N) is 1. The molecule has 0 saturated carbocycles. The van der Waals surface area contributed by atoms with Gasteiger partial charge in [0.2, 0.25) is 0 Å². The molecular formula is C21H21BN8O3. The Morgan fingerprint density at radius 3 is 2.82 bits per heavy atom. The number of carbonyl (C=O) groups is 1. The van der Waals surface area contributed by atoms with E-state index in [-0.39, 0.29) is 5.69 Å². The smallest absolute Gasteiger partial charge is 0.423 e. The van der Waals surface area contributed by atoms with Crippen molar-refractivity contribution in [3.63, 3.8) is 0 Å². The second-order valence-electron chi connectivity index (χ2n) is 7.85. The number of hydrogen-bond acceptors (Lipinski definition) is 9. The topological polar surface area (TPSA) is 155 Å². The summed E-state index contributed by atoms with van der Waals surface area (Å²) in [6, 6.07) is 12.1. The van der Waals surface area contributed by atoms with Gasteiger partial charge in [0.05, 0.1) is 5.52 Å². The molecule has 0 spiro atoms. The van der Waals surface area contributed by atoms with Crippen LogP contribution in [0.5, 0.6) is 0 Å². The van der Waals surface area contributed by atoms with Gasteiger partial charge in [-0.3, -0.25) is 4.79 Å². The molecule has 33 heavy (non-hydrogen) atoms. The van der Waals surface area contributed by atoms with Crippen LogP contribution in [0, 0.1) is 0 Å². The average molecular weight is 444 g/mol. The van der Waals surface area contributed by atoms with Crippen molar-refractivity contribution in [2.24, 2.45) is 5.73 Å². The second-order valence-corrected chi connectivity index (χ2v) is 7.85. The van der Waals surface area contributed by atoms with E-state index in [9.17, 15) is 14.8 Å². The summed E-state index contributed by atoms with van der Waals surface area (Å²) in [6.45, 7) is 1.24. The number of fused-ring (bicyclic) bond motifs is 2. The number of rotatable bonds is 6. The summed E-state index contributed by atoms with van der Waals surface area (Å²) in [7, 11) is 0.438. The van der Waals surface area contributed by atoms with Crippen molar-refractivity contribution in [1.82, 2.24) is 24.8 Å². The first-order valence-corrected chi connectivity index (χ1v) is 10.4. The van der Waals surface area contributed by atoms with Gasteiger partial charge in [-0.15, -0.1) is 5.10 Å². The Hall–Kier alpha value is -4.03. The first kappa shape index (κ1) is 20.9. The number of pyridine rings is 1. The fraction of sp³-hybridized carbons (Fsp3) is 0.190. The lowest BCUT2D eigenvalue weighted by Crippen LogP contribution is -2.30. The van der Waals surface area contributed by atoms with Crippen LogP contribution >= 0.6 is 0 Å². The number of benzene rings is 1. The maximum atomic E-state index is 11.8. The van der Waals surface area contributed by atoms with Gasteiger partial charge in [-0.1, -0.05) is 35.5 Å². The summed E-state index contributed by atoms with van der Waals surface area (Å²) < 4.78 is 1.39. The number of carbonyl (C=O) groups excluding carboxylic acids is 1. The minimum Gasteiger partial charge on any atom is -0.423 e. The van der Waals surface area contributed by atoms with Crippen LogP contribution in [0.2, 0.25) is 0 Å². The summed E-state index contributed by atoms with van der Waals surface area (Å²) in [5.41, 5.74) is 8.98. The highest BCUT2D eigenvalue weighted by molar-refractivity contribution is 6.58. The lowest BCUT2D eigenvalue weighted by molar-refractivity contribution is 0.0993. The Morgan fingerprint density at radius 2 is 2.03 bits per heavy atom. The van der Waals surface area contributed by atoms with Gasteiger partial charge in [-0.2, -0.15) is 0 Å². The van der Waals surface area contributed by atoms with Crippen LogP contribution in [0.4, 0.5) is 11.6 Å². The van der Waals surface area contributed by atoms with E-state index in [1.807, 2.05) is 13.1 Å². The van der Waals surface area contributed by atoms with Gasteiger partial charge in [0.1, 0.15) is 17.3 Å². The third-order valence-electron chi connectivity index (χ3n) is 5.66. The molecule has 0 saturated heterocycles. The van der Waals surface area contributed by atoms with E-state index >= 15 is 0 Å². The number of nitrogens with zero attached hydrogens (tertiary/aromatic N) is 6. The number of aromatic nitrogens is 5. The highest BCUT2D eigenvalue weighted by atomic mass is 16.4. The molecule has 0 unspecified atom stereocenters. The average Bonchev–Trinajstić information content (AvgIpc) is 3.41. The Bertz CT molecular complexity index is 1370. The fourth-order valence-corrected chi connectivity index (χ4v) is 3.97. The summed E-state index contributed by atoms with van der Waals surface area (Å²) in [6.07, 6.45) is 0.790. The Labute approximate surface area is 189 Å². The van der Waals surface area contributed by atoms with Crippen LogP contribution in [0.3, 0.4) is 0 Å². The molecule has 11 nitrogen and oxygen atoms in total. The Kier molecular flexibility index (Phi) is 5.15. The molecule has 5 N–H and O–H groups in total. The molecule has 1 aromatic carbocycles. The quantitative estimate of drug-likeness (QED) is 0.290. The van der Waals surface area contributed by atoms with Crippen LogP contribution in [0.25, 0.3) is 17.0 Å². The van der Waals surface area contributed by atoms with Gasteiger partial charge in [0.25, 0.3) is 5.91 Å². The van der Waals surface area contributed by atoms with Crippen molar-refractivity contribution in [2.45, 2.75) is 13.0 Å². The molecule has 5 rings (SSSR count). The van der Waals surface area contributed by atoms with E-state index < -0.39 is 13.0 Å². The maximum absolute atomic E-state index is 11.8. The number of anilines is 2. The second kappa shape index (κ2) is 8.15. The lowest BCUT2D eigenvalue weighted by Gasteiger charge is -2.15. The van der Waals surface area contributed by atoms with E-state index in [0.717, 1.165) is 29.9 Å². The zero-order valence-corrected chi connectivity index (χ0v) is 17.8. The van der Waals surface area contributed by atoms with E-state index in [0.29, 0.717) is 34.9 Å². The van der Waals surface area contributed by atoms with Gasteiger partial charge >= 0.3 is 7.12 Å². The van der Waals surface area contributed by atoms with Crippen molar-refractivity contribution < 1.29 is 14.8 Å². The van der Waals surface area contributed by atoms with Gasteiger partial charge in [0.15, 0.2) is 11.5 Å². The summed E-state index contributed by atoms with van der Waals surface area (Å²) in [5, 5.41) is 30.5. The van der Waals surface area contributed by atoms with Crippen LogP contribution in [-0.2, 0) is 13.0 Å². The van der Waals surface area contributed by atoms with Crippen molar-refractivity contribution in [3.8, 4) is 11.5 Å². The third-order valence-corrected chi connectivity index (χ3v) is 5.66. The maximum Gasteiger partial charge on any atom is 0.488 e. The Morgan fingerprint density at radius 1 is 1.21 bits per heavy atom. The Balaban J connectivity index is 1.55. The van der Waals surface area contributed by atoms with E-state index in [4.69, 9.17) is 15.7 Å². The monoisotopic (exact) mass is 444 g/mol. The van der Waals surface area contributed by atoms with Gasteiger partial charge in [-0.05, 0) is 29.6 Å². The van der Waals surface area contributed by atoms with Crippen molar-refractivity contribution in [1.29, 1.82) is 0 Å². The SMILES string of the molecule is CN1CCc2c(NCc3cccc(B(O)O)c3)nc(-c3nnn4c(C(N)=O)cccc34)nc21. The van der Waals surface area contributed by atoms with Crippen LogP contribution in [0.15, 0.2) is 42.5 Å². The number of amides is 1. The van der Waals surface area contributed by atoms with E-state index in [1.165, 1.54) is 4.52 Å². The van der Waals surface area contributed by atoms with Crippen molar-refractivity contribution in [2.75, 3.05) is 23.8 Å². The largest absolute Gasteiger partial charge is 0.488 e. The zero-order chi connectivity index (χ0) is 23.1. The van der Waals surface area contributed by atoms with Gasteiger partial charge < -0.3 is 26.0 Å². The fourth-order valence-electron chi connectivity index (χ4n) is 3.97. The van der Waals surface area contributed by atoms with Gasteiger partial charge in [0, 0.05) is 25.7 Å². The number of primary amides is 1. The lowest BCUT2D eigenvalue weighted by atomic mass is 9.79. The number of hydrogen-bond donors (Lipinski definition) is 4.